The molecule has 1 unspecified atom stereocenters. The summed E-state index contributed by atoms with van der Waals surface area (Å²) < 4.78 is 0. The summed E-state index contributed by atoms with van der Waals surface area (Å²) in [5, 5.41) is 10.8. The van der Waals surface area contributed by atoms with Gasteiger partial charge in [-0.15, -0.1) is 0 Å². The highest BCUT2D eigenvalue weighted by molar-refractivity contribution is 5.83. The van der Waals surface area contributed by atoms with E-state index in [-0.39, 0.29) is 24.9 Å². The standard InChI is InChI=1S/C18H27N3O3/c1-15(22)19(2)12-17(23)20(3)13-18(24)9-10-21(14-18)11-16-7-5-4-6-8-16/h4-8,24H,9-14H2,1-3H3. The molecule has 1 aliphatic rings. The monoisotopic (exact) mass is 333 g/mol. The van der Waals surface area contributed by atoms with Crippen LogP contribution in [-0.4, -0.2) is 77.5 Å². The molecular weight excluding hydrogens is 306 g/mol. The quantitative estimate of drug-likeness (QED) is 0.826. The van der Waals surface area contributed by atoms with Gasteiger partial charge in [0.25, 0.3) is 0 Å². The lowest BCUT2D eigenvalue weighted by atomic mass is 10.0. The first-order chi connectivity index (χ1) is 11.3. The summed E-state index contributed by atoms with van der Waals surface area (Å²) in [7, 11) is 3.27. The van der Waals surface area contributed by atoms with Crippen molar-refractivity contribution in [1.29, 1.82) is 0 Å². The molecule has 0 aliphatic carbocycles. The molecule has 1 aromatic rings. The Morgan fingerprint density at radius 3 is 2.50 bits per heavy atom. The number of likely N-dealkylation sites (tertiary alicyclic amines) is 1. The second-order valence-electron chi connectivity index (χ2n) is 6.80. The highest BCUT2D eigenvalue weighted by Gasteiger charge is 2.37. The summed E-state index contributed by atoms with van der Waals surface area (Å²) in [5.74, 6) is -0.312. The average molecular weight is 333 g/mol. The van der Waals surface area contributed by atoms with Gasteiger partial charge in [-0.05, 0) is 12.0 Å². The van der Waals surface area contributed by atoms with Crippen LogP contribution in [0.1, 0.15) is 18.9 Å². The zero-order valence-electron chi connectivity index (χ0n) is 14.7. The summed E-state index contributed by atoms with van der Waals surface area (Å²) >= 11 is 0. The number of carbonyl (C=O) groups is 2. The molecule has 1 N–H and O–H groups in total. The van der Waals surface area contributed by atoms with E-state index in [1.807, 2.05) is 18.2 Å². The average Bonchev–Trinajstić information content (AvgIpc) is 2.88. The Labute approximate surface area is 143 Å². The Morgan fingerprint density at radius 1 is 1.21 bits per heavy atom. The summed E-state index contributed by atoms with van der Waals surface area (Å²) in [5.41, 5.74) is 0.322. The molecule has 2 rings (SSSR count). The molecule has 1 saturated heterocycles. The van der Waals surface area contributed by atoms with Crippen LogP contribution in [0.5, 0.6) is 0 Å². The fraction of sp³-hybridized carbons (Fsp3) is 0.556. The number of aliphatic hydroxyl groups is 1. The van der Waals surface area contributed by atoms with Crippen LogP contribution in [-0.2, 0) is 16.1 Å². The van der Waals surface area contributed by atoms with E-state index < -0.39 is 5.60 Å². The van der Waals surface area contributed by atoms with Gasteiger partial charge in [0.15, 0.2) is 0 Å². The van der Waals surface area contributed by atoms with E-state index in [1.54, 1.807) is 14.1 Å². The van der Waals surface area contributed by atoms with Gasteiger partial charge >= 0.3 is 0 Å². The van der Waals surface area contributed by atoms with E-state index in [1.165, 1.54) is 22.3 Å². The molecule has 2 amide bonds. The minimum Gasteiger partial charge on any atom is -0.387 e. The fourth-order valence-electron chi connectivity index (χ4n) is 3.01. The van der Waals surface area contributed by atoms with Gasteiger partial charge in [0.05, 0.1) is 18.7 Å². The van der Waals surface area contributed by atoms with Crippen molar-refractivity contribution in [2.75, 3.05) is 40.3 Å². The van der Waals surface area contributed by atoms with E-state index in [9.17, 15) is 14.7 Å². The molecule has 132 valence electrons. The molecule has 0 radical (unpaired) electrons. The zero-order chi connectivity index (χ0) is 17.7. The maximum atomic E-state index is 12.2. The molecule has 1 heterocycles. The molecule has 1 fully saturated rings. The lowest BCUT2D eigenvalue weighted by molar-refractivity contribution is -0.139. The Balaban J connectivity index is 1.85. The van der Waals surface area contributed by atoms with E-state index in [2.05, 4.69) is 17.0 Å². The van der Waals surface area contributed by atoms with Crippen molar-refractivity contribution in [1.82, 2.24) is 14.7 Å². The van der Waals surface area contributed by atoms with Crippen molar-refractivity contribution in [3.63, 3.8) is 0 Å². The van der Waals surface area contributed by atoms with E-state index in [0.717, 1.165) is 13.1 Å². The fourth-order valence-corrected chi connectivity index (χ4v) is 3.01. The van der Waals surface area contributed by atoms with Gasteiger partial charge in [-0.25, -0.2) is 0 Å². The van der Waals surface area contributed by atoms with Gasteiger partial charge in [0, 0.05) is 40.7 Å². The molecular formula is C18H27N3O3. The predicted molar refractivity (Wildman–Crippen MR) is 92.2 cm³/mol. The SMILES string of the molecule is CC(=O)N(C)CC(=O)N(C)CC1(O)CCN(Cc2ccccc2)C1. The molecule has 1 aromatic carbocycles. The van der Waals surface area contributed by atoms with Crippen molar-refractivity contribution in [3.05, 3.63) is 35.9 Å². The third kappa shape index (κ3) is 5.04. The molecule has 1 atom stereocenters. The minimum absolute atomic E-state index is 0.0373. The number of rotatable bonds is 6. The molecule has 0 spiro atoms. The van der Waals surface area contributed by atoms with Gasteiger partial charge in [0.2, 0.25) is 11.8 Å². The van der Waals surface area contributed by atoms with Crippen molar-refractivity contribution >= 4 is 11.8 Å². The first-order valence-corrected chi connectivity index (χ1v) is 8.23. The highest BCUT2D eigenvalue weighted by Crippen LogP contribution is 2.23. The third-order valence-electron chi connectivity index (χ3n) is 4.53. The third-order valence-corrected chi connectivity index (χ3v) is 4.53. The number of carbonyl (C=O) groups excluding carboxylic acids is 2. The van der Waals surface area contributed by atoms with Crippen molar-refractivity contribution < 1.29 is 14.7 Å². The summed E-state index contributed by atoms with van der Waals surface area (Å²) in [4.78, 5) is 28.5. The predicted octanol–water partition coefficient (Wildman–Crippen LogP) is 0.560. The van der Waals surface area contributed by atoms with Crippen LogP contribution >= 0.6 is 0 Å². The first kappa shape index (κ1) is 18.4. The molecule has 6 nitrogen and oxygen atoms in total. The second kappa shape index (κ2) is 7.77. The summed E-state index contributed by atoms with van der Waals surface area (Å²) in [6.45, 7) is 3.90. The van der Waals surface area contributed by atoms with Crippen molar-refractivity contribution in [2.24, 2.45) is 0 Å². The number of hydrogen-bond donors (Lipinski definition) is 1. The van der Waals surface area contributed by atoms with Crippen LogP contribution in [0.4, 0.5) is 0 Å². The topological polar surface area (TPSA) is 64.1 Å². The molecule has 1 aliphatic heterocycles. The number of benzene rings is 1. The number of amides is 2. The van der Waals surface area contributed by atoms with E-state index in [0.29, 0.717) is 13.0 Å². The van der Waals surface area contributed by atoms with Gasteiger partial charge in [-0.2, -0.15) is 0 Å². The molecule has 0 bridgehead atoms. The maximum Gasteiger partial charge on any atom is 0.242 e. The van der Waals surface area contributed by atoms with Crippen molar-refractivity contribution in [3.8, 4) is 0 Å². The zero-order valence-corrected chi connectivity index (χ0v) is 14.7. The highest BCUT2D eigenvalue weighted by atomic mass is 16.3. The Bertz CT molecular complexity index is 578. The molecule has 0 saturated carbocycles. The van der Waals surface area contributed by atoms with E-state index in [4.69, 9.17) is 0 Å². The van der Waals surface area contributed by atoms with Crippen LogP contribution in [0.25, 0.3) is 0 Å². The number of β-amino-alcohol motifs (C(OH)–C–C–N with tert-alkyl or cyclic N) is 1. The van der Waals surface area contributed by atoms with Gasteiger partial charge in [-0.3, -0.25) is 14.5 Å². The van der Waals surface area contributed by atoms with Crippen LogP contribution in [0.15, 0.2) is 30.3 Å². The lowest BCUT2D eigenvalue weighted by Gasteiger charge is -2.30. The Kier molecular flexibility index (Phi) is 5.96. The van der Waals surface area contributed by atoms with Gasteiger partial charge in [0.1, 0.15) is 0 Å². The van der Waals surface area contributed by atoms with E-state index >= 15 is 0 Å². The second-order valence-corrected chi connectivity index (χ2v) is 6.80. The Hall–Kier alpha value is -1.92. The van der Waals surface area contributed by atoms with Crippen LogP contribution in [0.3, 0.4) is 0 Å². The first-order valence-electron chi connectivity index (χ1n) is 8.23. The number of likely N-dealkylation sites (N-methyl/N-ethyl adjacent to an activating group) is 2. The minimum atomic E-state index is -0.895. The normalized spacial score (nSPS) is 20.8. The van der Waals surface area contributed by atoms with Crippen LogP contribution in [0.2, 0.25) is 0 Å². The summed E-state index contributed by atoms with van der Waals surface area (Å²) in [6, 6.07) is 10.2. The van der Waals surface area contributed by atoms with Gasteiger partial charge in [-0.1, -0.05) is 30.3 Å². The van der Waals surface area contributed by atoms with Crippen LogP contribution in [0, 0.1) is 0 Å². The lowest BCUT2D eigenvalue weighted by Crippen LogP contribution is -2.48. The number of nitrogens with zero attached hydrogens (tertiary/aromatic N) is 3. The van der Waals surface area contributed by atoms with Crippen LogP contribution < -0.4 is 0 Å². The number of hydrogen-bond acceptors (Lipinski definition) is 4. The molecule has 24 heavy (non-hydrogen) atoms. The summed E-state index contributed by atoms with van der Waals surface area (Å²) in [6.07, 6.45) is 0.639. The largest absolute Gasteiger partial charge is 0.387 e. The van der Waals surface area contributed by atoms with Crippen molar-refractivity contribution in [2.45, 2.75) is 25.5 Å². The smallest absolute Gasteiger partial charge is 0.242 e. The Morgan fingerprint density at radius 2 is 1.88 bits per heavy atom. The molecule has 0 aromatic heterocycles. The maximum absolute atomic E-state index is 12.2. The molecule has 6 heteroatoms. The van der Waals surface area contributed by atoms with Gasteiger partial charge < -0.3 is 14.9 Å².